The molecule has 1 aromatic carbocycles. The van der Waals surface area contributed by atoms with Crippen molar-refractivity contribution in [2.24, 2.45) is 5.92 Å². The zero-order valence-corrected chi connectivity index (χ0v) is 12.3. The maximum absolute atomic E-state index is 11.7. The summed E-state index contributed by atoms with van der Waals surface area (Å²) in [6.07, 6.45) is 1.69. The second-order valence-electron chi connectivity index (χ2n) is 4.58. The van der Waals surface area contributed by atoms with Gasteiger partial charge in [-0.1, -0.05) is 26.3 Å². The number of nitrogens with one attached hydrogen (secondary N) is 1. The molecule has 0 aromatic heterocycles. The lowest BCUT2D eigenvalue weighted by atomic mass is 10.2. The van der Waals surface area contributed by atoms with Crippen molar-refractivity contribution in [3.8, 4) is 6.07 Å². The molecule has 0 radical (unpaired) electrons. The number of hydrogen-bond donors (Lipinski definition) is 1. The molecule has 0 bridgehead atoms. The predicted octanol–water partition coefficient (Wildman–Crippen LogP) is 3.67. The van der Waals surface area contributed by atoms with Gasteiger partial charge in [0.15, 0.2) is 0 Å². The standard InChI is InChI=1S/C15H20N2OS/c1-3-12(2)11-19-8-7-15(18)17-14-6-4-5-13(9-14)10-16/h4-6,9,12H,3,7-8,11H2,1-2H3,(H,17,18). The van der Waals surface area contributed by atoms with E-state index in [0.29, 0.717) is 23.6 Å². The highest BCUT2D eigenvalue weighted by molar-refractivity contribution is 7.99. The fourth-order valence-electron chi connectivity index (χ4n) is 1.46. The van der Waals surface area contributed by atoms with Crippen LogP contribution in [0.1, 0.15) is 32.3 Å². The summed E-state index contributed by atoms with van der Waals surface area (Å²) < 4.78 is 0. The van der Waals surface area contributed by atoms with Gasteiger partial charge in [0.05, 0.1) is 11.6 Å². The molecule has 1 N–H and O–H groups in total. The van der Waals surface area contributed by atoms with Crippen molar-refractivity contribution in [1.82, 2.24) is 0 Å². The van der Waals surface area contributed by atoms with E-state index in [2.05, 4.69) is 25.2 Å². The van der Waals surface area contributed by atoms with Gasteiger partial charge in [0.25, 0.3) is 0 Å². The molecule has 1 atom stereocenters. The second-order valence-corrected chi connectivity index (χ2v) is 5.73. The highest BCUT2D eigenvalue weighted by Gasteiger charge is 2.04. The Hall–Kier alpha value is -1.47. The van der Waals surface area contributed by atoms with Crippen molar-refractivity contribution in [2.75, 3.05) is 16.8 Å². The number of benzene rings is 1. The molecule has 1 amide bonds. The molecule has 0 aliphatic carbocycles. The molecule has 0 saturated carbocycles. The van der Waals surface area contributed by atoms with E-state index in [1.54, 1.807) is 24.3 Å². The van der Waals surface area contributed by atoms with Gasteiger partial charge in [0, 0.05) is 17.9 Å². The molecule has 102 valence electrons. The Morgan fingerprint density at radius 3 is 3.00 bits per heavy atom. The van der Waals surface area contributed by atoms with Crippen LogP contribution < -0.4 is 5.32 Å². The van der Waals surface area contributed by atoms with Crippen molar-refractivity contribution in [2.45, 2.75) is 26.7 Å². The Labute approximate surface area is 119 Å². The minimum absolute atomic E-state index is 0.00624. The summed E-state index contributed by atoms with van der Waals surface area (Å²) in [7, 11) is 0. The number of carbonyl (C=O) groups excluding carboxylic acids is 1. The van der Waals surface area contributed by atoms with Gasteiger partial charge in [-0.25, -0.2) is 0 Å². The zero-order valence-electron chi connectivity index (χ0n) is 11.5. The van der Waals surface area contributed by atoms with Gasteiger partial charge in [-0.2, -0.15) is 17.0 Å². The molecule has 0 spiro atoms. The quantitative estimate of drug-likeness (QED) is 0.773. The second kappa shape index (κ2) is 8.60. The molecular weight excluding hydrogens is 256 g/mol. The summed E-state index contributed by atoms with van der Waals surface area (Å²) in [5, 5.41) is 11.6. The molecular formula is C15H20N2OS. The zero-order chi connectivity index (χ0) is 14.1. The van der Waals surface area contributed by atoms with Gasteiger partial charge in [0.2, 0.25) is 5.91 Å². The maximum Gasteiger partial charge on any atom is 0.225 e. The summed E-state index contributed by atoms with van der Waals surface area (Å²) in [5.74, 6) is 2.66. The largest absolute Gasteiger partial charge is 0.326 e. The van der Waals surface area contributed by atoms with E-state index in [-0.39, 0.29) is 5.91 Å². The number of rotatable bonds is 7. The topological polar surface area (TPSA) is 52.9 Å². The fraction of sp³-hybridized carbons (Fsp3) is 0.467. The number of carbonyl (C=O) groups is 1. The van der Waals surface area contributed by atoms with Crippen LogP contribution in [0.25, 0.3) is 0 Å². The average molecular weight is 276 g/mol. The lowest BCUT2D eigenvalue weighted by Crippen LogP contribution is -2.12. The van der Waals surface area contributed by atoms with Gasteiger partial charge in [-0.05, 0) is 29.9 Å². The number of nitrogens with zero attached hydrogens (tertiary/aromatic N) is 1. The van der Waals surface area contributed by atoms with E-state index in [4.69, 9.17) is 5.26 Å². The van der Waals surface area contributed by atoms with Crippen molar-refractivity contribution in [1.29, 1.82) is 5.26 Å². The molecule has 19 heavy (non-hydrogen) atoms. The molecule has 1 rings (SSSR count). The van der Waals surface area contributed by atoms with Crippen molar-refractivity contribution < 1.29 is 4.79 Å². The minimum atomic E-state index is 0.00624. The smallest absolute Gasteiger partial charge is 0.225 e. The molecule has 1 aromatic rings. The molecule has 1 unspecified atom stereocenters. The van der Waals surface area contributed by atoms with Crippen LogP contribution in [0, 0.1) is 17.2 Å². The molecule has 0 saturated heterocycles. The fourth-order valence-corrected chi connectivity index (χ4v) is 2.59. The monoisotopic (exact) mass is 276 g/mol. The van der Waals surface area contributed by atoms with Gasteiger partial charge < -0.3 is 5.32 Å². The lowest BCUT2D eigenvalue weighted by molar-refractivity contribution is -0.115. The third-order valence-electron chi connectivity index (χ3n) is 2.85. The average Bonchev–Trinajstić information content (AvgIpc) is 2.43. The van der Waals surface area contributed by atoms with Crippen LogP contribution in [-0.4, -0.2) is 17.4 Å². The number of amides is 1. The van der Waals surface area contributed by atoms with Crippen molar-refractivity contribution in [3.63, 3.8) is 0 Å². The first-order chi connectivity index (χ1) is 9.15. The van der Waals surface area contributed by atoms with Gasteiger partial charge in [-0.15, -0.1) is 0 Å². The highest BCUT2D eigenvalue weighted by atomic mass is 32.2. The Bertz CT molecular complexity index is 454. The molecule has 0 heterocycles. The van der Waals surface area contributed by atoms with Crippen LogP contribution in [-0.2, 0) is 4.79 Å². The molecule has 0 fully saturated rings. The lowest BCUT2D eigenvalue weighted by Gasteiger charge is -2.08. The van der Waals surface area contributed by atoms with Crippen LogP contribution in [0.5, 0.6) is 0 Å². The Morgan fingerprint density at radius 2 is 2.32 bits per heavy atom. The molecule has 4 heteroatoms. The highest BCUT2D eigenvalue weighted by Crippen LogP contribution is 2.13. The summed E-state index contributed by atoms with van der Waals surface area (Å²) in [5.41, 5.74) is 1.25. The first-order valence-corrected chi connectivity index (χ1v) is 7.69. The van der Waals surface area contributed by atoms with E-state index in [9.17, 15) is 4.79 Å². The Kier molecular flexibility index (Phi) is 7.06. The summed E-state index contributed by atoms with van der Waals surface area (Å²) >= 11 is 1.82. The normalized spacial score (nSPS) is 11.6. The van der Waals surface area contributed by atoms with Crippen molar-refractivity contribution >= 4 is 23.4 Å². The predicted molar refractivity (Wildman–Crippen MR) is 81.2 cm³/mol. The first-order valence-electron chi connectivity index (χ1n) is 6.53. The van der Waals surface area contributed by atoms with Crippen molar-refractivity contribution in [3.05, 3.63) is 29.8 Å². The van der Waals surface area contributed by atoms with E-state index in [0.717, 1.165) is 11.5 Å². The summed E-state index contributed by atoms with van der Waals surface area (Å²) in [6, 6.07) is 9.03. The minimum Gasteiger partial charge on any atom is -0.326 e. The maximum atomic E-state index is 11.7. The number of nitriles is 1. The molecule has 0 aliphatic heterocycles. The van der Waals surface area contributed by atoms with E-state index in [1.165, 1.54) is 6.42 Å². The molecule has 0 aliphatic rings. The van der Waals surface area contributed by atoms with Crippen LogP contribution in [0.2, 0.25) is 0 Å². The van der Waals surface area contributed by atoms with Gasteiger partial charge >= 0.3 is 0 Å². The van der Waals surface area contributed by atoms with Gasteiger partial charge in [0.1, 0.15) is 0 Å². The third kappa shape index (κ3) is 6.30. The first kappa shape index (κ1) is 15.6. The van der Waals surface area contributed by atoms with Crippen LogP contribution >= 0.6 is 11.8 Å². The Balaban J connectivity index is 2.29. The van der Waals surface area contributed by atoms with E-state index < -0.39 is 0 Å². The number of anilines is 1. The van der Waals surface area contributed by atoms with E-state index in [1.807, 2.05) is 11.8 Å². The van der Waals surface area contributed by atoms with Gasteiger partial charge in [-0.3, -0.25) is 4.79 Å². The van der Waals surface area contributed by atoms with Crippen LogP contribution in [0.3, 0.4) is 0 Å². The third-order valence-corrected chi connectivity index (χ3v) is 4.15. The summed E-state index contributed by atoms with van der Waals surface area (Å²) in [4.78, 5) is 11.7. The van der Waals surface area contributed by atoms with Crippen LogP contribution in [0.15, 0.2) is 24.3 Å². The number of hydrogen-bond acceptors (Lipinski definition) is 3. The van der Waals surface area contributed by atoms with Crippen LogP contribution in [0.4, 0.5) is 5.69 Å². The Morgan fingerprint density at radius 1 is 1.53 bits per heavy atom. The molecule has 3 nitrogen and oxygen atoms in total. The van der Waals surface area contributed by atoms with E-state index >= 15 is 0 Å². The summed E-state index contributed by atoms with van der Waals surface area (Å²) in [6.45, 7) is 4.40. The SMILES string of the molecule is CCC(C)CSCCC(=O)Nc1cccc(C#N)c1. The number of thioether (sulfide) groups is 1.